The van der Waals surface area contributed by atoms with Crippen LogP contribution >= 0.6 is 22.6 Å². The Morgan fingerprint density at radius 1 is 1.70 bits per heavy atom. The van der Waals surface area contributed by atoms with Gasteiger partial charge in [-0.05, 0) is 35.6 Å². The largest absolute Gasteiger partial charge is 0.339 e. The molecule has 0 radical (unpaired) electrons. The fourth-order valence-corrected chi connectivity index (χ4v) is 1.43. The molecule has 0 spiro atoms. The summed E-state index contributed by atoms with van der Waals surface area (Å²) in [7, 11) is 1.90. The predicted molar refractivity (Wildman–Crippen MR) is 47.6 cm³/mol. The molecule has 0 fully saturated rings. The maximum atomic E-state index is 8.58. The van der Waals surface area contributed by atoms with Crippen molar-refractivity contribution in [3.05, 3.63) is 21.0 Å². The molecule has 0 unspecified atom stereocenters. The van der Waals surface area contributed by atoms with Gasteiger partial charge in [-0.1, -0.05) is 0 Å². The van der Waals surface area contributed by atoms with E-state index in [1.165, 1.54) is 0 Å². The van der Waals surface area contributed by atoms with Crippen molar-refractivity contribution in [1.29, 1.82) is 5.26 Å². The van der Waals surface area contributed by atoms with Crippen LogP contribution in [0.3, 0.4) is 0 Å². The molecule has 3 heteroatoms. The molecule has 1 rings (SSSR count). The van der Waals surface area contributed by atoms with Crippen molar-refractivity contribution >= 4 is 22.6 Å². The molecule has 52 valence electrons. The van der Waals surface area contributed by atoms with E-state index in [-0.39, 0.29) is 0 Å². The number of nitrogens with zero attached hydrogens (tertiary/aromatic N) is 2. The van der Waals surface area contributed by atoms with E-state index in [4.69, 9.17) is 5.26 Å². The third-order valence-corrected chi connectivity index (χ3v) is 2.68. The Labute approximate surface area is 73.6 Å². The standard InChI is InChI=1S/C7H7IN2/c1-5-7(8)3-6(4-9)10(5)2/h3H,1-2H3. The molecule has 0 aliphatic rings. The summed E-state index contributed by atoms with van der Waals surface area (Å²) in [4.78, 5) is 0. The van der Waals surface area contributed by atoms with Crippen LogP contribution in [-0.2, 0) is 7.05 Å². The van der Waals surface area contributed by atoms with Gasteiger partial charge in [-0.15, -0.1) is 0 Å². The highest BCUT2D eigenvalue weighted by Crippen LogP contribution is 2.14. The summed E-state index contributed by atoms with van der Waals surface area (Å²) in [5.41, 5.74) is 1.87. The molecule has 1 aromatic heterocycles. The second-order valence-corrected chi connectivity index (χ2v) is 3.30. The van der Waals surface area contributed by atoms with Crippen LogP contribution < -0.4 is 0 Å². The lowest BCUT2D eigenvalue weighted by atomic mass is 10.4. The predicted octanol–water partition coefficient (Wildman–Crippen LogP) is 1.81. The van der Waals surface area contributed by atoms with Crippen molar-refractivity contribution in [2.75, 3.05) is 0 Å². The second-order valence-electron chi connectivity index (χ2n) is 2.13. The van der Waals surface area contributed by atoms with Gasteiger partial charge in [0.15, 0.2) is 0 Å². The Hall–Kier alpha value is -0.500. The van der Waals surface area contributed by atoms with Gasteiger partial charge in [0.05, 0.1) is 0 Å². The number of hydrogen-bond acceptors (Lipinski definition) is 1. The molecule has 0 N–H and O–H groups in total. The van der Waals surface area contributed by atoms with Crippen molar-refractivity contribution in [3.8, 4) is 6.07 Å². The normalized spacial score (nSPS) is 9.40. The average molecular weight is 246 g/mol. The number of nitriles is 1. The molecule has 0 aliphatic carbocycles. The Kier molecular flexibility index (Phi) is 2.00. The molecule has 2 nitrogen and oxygen atoms in total. The van der Waals surface area contributed by atoms with Crippen LogP contribution in [0.1, 0.15) is 11.4 Å². The van der Waals surface area contributed by atoms with Crippen LogP contribution in [0.2, 0.25) is 0 Å². The van der Waals surface area contributed by atoms with Crippen LogP contribution in [0.5, 0.6) is 0 Å². The highest BCUT2D eigenvalue weighted by molar-refractivity contribution is 14.1. The maximum Gasteiger partial charge on any atom is 0.121 e. The Bertz CT molecular complexity index is 293. The summed E-state index contributed by atoms with van der Waals surface area (Å²) >= 11 is 2.22. The van der Waals surface area contributed by atoms with Gasteiger partial charge >= 0.3 is 0 Å². The summed E-state index contributed by atoms with van der Waals surface area (Å²) < 4.78 is 3.04. The molecule has 0 amide bonds. The number of rotatable bonds is 0. The topological polar surface area (TPSA) is 28.7 Å². The third-order valence-electron chi connectivity index (χ3n) is 1.59. The van der Waals surface area contributed by atoms with Crippen molar-refractivity contribution in [2.24, 2.45) is 7.05 Å². The SMILES string of the molecule is Cc1c(I)cc(C#N)n1C. The van der Waals surface area contributed by atoms with Gasteiger partial charge in [0, 0.05) is 16.3 Å². The lowest BCUT2D eigenvalue weighted by Crippen LogP contribution is -1.93. The molecule has 1 heterocycles. The number of halogens is 1. The van der Waals surface area contributed by atoms with Crippen LogP contribution in [-0.4, -0.2) is 4.57 Å². The van der Waals surface area contributed by atoms with E-state index in [2.05, 4.69) is 28.7 Å². The molecular weight excluding hydrogens is 239 g/mol. The zero-order valence-corrected chi connectivity index (χ0v) is 8.01. The molecule has 0 atom stereocenters. The summed E-state index contributed by atoms with van der Waals surface area (Å²) in [5.74, 6) is 0. The molecule has 10 heavy (non-hydrogen) atoms. The van der Waals surface area contributed by atoms with Gasteiger partial charge in [-0.3, -0.25) is 0 Å². The smallest absolute Gasteiger partial charge is 0.121 e. The lowest BCUT2D eigenvalue weighted by Gasteiger charge is -1.95. The van der Waals surface area contributed by atoms with Gasteiger partial charge in [0.25, 0.3) is 0 Å². The van der Waals surface area contributed by atoms with Crippen LogP contribution in [0, 0.1) is 21.8 Å². The van der Waals surface area contributed by atoms with Crippen LogP contribution in [0.15, 0.2) is 6.07 Å². The molecule has 1 aromatic rings. The first-order chi connectivity index (χ1) is 4.66. The summed E-state index contributed by atoms with van der Waals surface area (Å²) in [6.45, 7) is 2.00. The van der Waals surface area contributed by atoms with Crippen molar-refractivity contribution in [1.82, 2.24) is 4.57 Å². The molecule has 0 aromatic carbocycles. The Balaban J connectivity index is 3.34. The van der Waals surface area contributed by atoms with E-state index in [1.54, 1.807) is 0 Å². The Morgan fingerprint density at radius 2 is 2.30 bits per heavy atom. The molecule has 0 aliphatic heterocycles. The van der Waals surface area contributed by atoms with Gasteiger partial charge in [-0.2, -0.15) is 5.26 Å². The number of aromatic nitrogens is 1. The Morgan fingerprint density at radius 3 is 2.50 bits per heavy atom. The van der Waals surface area contributed by atoms with Crippen molar-refractivity contribution in [3.63, 3.8) is 0 Å². The monoisotopic (exact) mass is 246 g/mol. The minimum Gasteiger partial charge on any atom is -0.339 e. The average Bonchev–Trinajstić information content (AvgIpc) is 2.17. The van der Waals surface area contributed by atoms with Gasteiger partial charge < -0.3 is 4.57 Å². The second kappa shape index (κ2) is 2.62. The quantitative estimate of drug-likeness (QED) is 0.642. The van der Waals surface area contributed by atoms with Gasteiger partial charge in [-0.25, -0.2) is 0 Å². The van der Waals surface area contributed by atoms with Crippen LogP contribution in [0.4, 0.5) is 0 Å². The molecule has 0 saturated heterocycles. The van der Waals surface area contributed by atoms with Crippen molar-refractivity contribution < 1.29 is 0 Å². The van der Waals surface area contributed by atoms with E-state index in [0.717, 1.165) is 15.0 Å². The minimum absolute atomic E-state index is 0.724. The molecular formula is C7H7IN2. The fraction of sp³-hybridized carbons (Fsp3) is 0.286. The highest BCUT2D eigenvalue weighted by atomic mass is 127. The van der Waals surface area contributed by atoms with E-state index in [9.17, 15) is 0 Å². The minimum atomic E-state index is 0.724. The third kappa shape index (κ3) is 1.03. The first kappa shape index (κ1) is 7.61. The van der Waals surface area contributed by atoms with E-state index < -0.39 is 0 Å². The zero-order chi connectivity index (χ0) is 7.72. The fourth-order valence-electron chi connectivity index (χ4n) is 0.769. The zero-order valence-electron chi connectivity index (χ0n) is 5.85. The van der Waals surface area contributed by atoms with Gasteiger partial charge in [0.2, 0.25) is 0 Å². The number of hydrogen-bond donors (Lipinski definition) is 0. The van der Waals surface area contributed by atoms with Crippen LogP contribution in [0.25, 0.3) is 0 Å². The maximum absolute atomic E-state index is 8.58. The summed E-state index contributed by atoms with van der Waals surface area (Å²) in [6, 6.07) is 4.00. The van der Waals surface area contributed by atoms with E-state index in [0.29, 0.717) is 0 Å². The molecule has 0 bridgehead atoms. The first-order valence-electron chi connectivity index (χ1n) is 2.88. The van der Waals surface area contributed by atoms with E-state index >= 15 is 0 Å². The highest BCUT2D eigenvalue weighted by Gasteiger charge is 2.03. The molecule has 0 saturated carbocycles. The van der Waals surface area contributed by atoms with Crippen molar-refractivity contribution in [2.45, 2.75) is 6.92 Å². The summed E-state index contributed by atoms with van der Waals surface area (Å²) in [6.07, 6.45) is 0. The summed E-state index contributed by atoms with van der Waals surface area (Å²) in [5, 5.41) is 8.58. The van der Waals surface area contributed by atoms with Gasteiger partial charge in [0.1, 0.15) is 11.8 Å². The lowest BCUT2D eigenvalue weighted by molar-refractivity contribution is 0.863. The van der Waals surface area contributed by atoms with E-state index in [1.807, 2.05) is 24.6 Å². The first-order valence-corrected chi connectivity index (χ1v) is 3.96.